The molecule has 0 fully saturated rings. The first-order chi connectivity index (χ1) is 24.3. The van der Waals surface area contributed by atoms with Crippen LogP contribution in [0.3, 0.4) is 0 Å². The van der Waals surface area contributed by atoms with E-state index in [2.05, 4.69) is 58.3 Å². The first kappa shape index (κ1) is 42.0. The summed E-state index contributed by atoms with van der Waals surface area (Å²) in [7, 11) is 0. The number of hydrogen-bond donors (Lipinski definition) is 4. The maximum Gasteiger partial charge on any atom is 0.229 e. The van der Waals surface area contributed by atoms with Crippen LogP contribution in [0.4, 0.5) is 55.1 Å². The van der Waals surface area contributed by atoms with Crippen molar-refractivity contribution < 1.29 is 83.8 Å². The van der Waals surface area contributed by atoms with E-state index in [1.807, 2.05) is 50.2 Å². The summed E-state index contributed by atoms with van der Waals surface area (Å²) >= 11 is 0. The number of nitrogens with one attached hydrogen (secondary N) is 4. The Balaban J connectivity index is 0.000000270. The van der Waals surface area contributed by atoms with Gasteiger partial charge in [0.1, 0.15) is 0 Å². The number of aromatic nitrogens is 5. The fourth-order valence-electron chi connectivity index (χ4n) is 4.19. The largest absolute Gasteiger partial charge is 0.542 e. The zero-order valence-electron chi connectivity index (χ0n) is 28.0. The van der Waals surface area contributed by atoms with Crippen LogP contribution < -0.4 is 21.3 Å². The molecule has 2 radical (unpaired) electrons. The van der Waals surface area contributed by atoms with E-state index < -0.39 is 11.6 Å². The van der Waals surface area contributed by atoms with E-state index in [0.29, 0.717) is 28.2 Å². The molecule has 0 amide bonds. The third kappa shape index (κ3) is 13.0. The first-order valence-corrected chi connectivity index (χ1v) is 15.1. The molecule has 0 atom stereocenters. The minimum Gasteiger partial charge on any atom is -0.542 e. The summed E-state index contributed by atoms with van der Waals surface area (Å²) in [5, 5.41) is 11.7. The molecular formula is C37H29F2N9O2Y2-4. The van der Waals surface area contributed by atoms with Gasteiger partial charge in [-0.3, -0.25) is 17.6 Å². The van der Waals surface area contributed by atoms with Gasteiger partial charge in [0.15, 0.2) is 23.3 Å². The minimum atomic E-state index is -0.585. The molecule has 0 aliphatic rings. The Labute approximate surface area is 350 Å². The fraction of sp³-hybridized carbons (Fsp3) is 0.108. The van der Waals surface area contributed by atoms with Crippen LogP contribution in [0.15, 0.2) is 91.4 Å². The number of aryl methyl sites for hydroxylation is 2. The fourth-order valence-corrected chi connectivity index (χ4v) is 4.19. The Morgan fingerprint density at radius 1 is 0.577 bits per heavy atom. The van der Waals surface area contributed by atoms with Crippen molar-refractivity contribution in [1.29, 1.82) is 0 Å². The normalized spacial score (nSPS) is 9.92. The van der Waals surface area contributed by atoms with E-state index in [1.165, 1.54) is 0 Å². The van der Waals surface area contributed by atoms with Crippen molar-refractivity contribution in [2.24, 2.45) is 0 Å². The quantitative estimate of drug-likeness (QED) is 0.0935. The second-order valence-corrected chi connectivity index (χ2v) is 10.7. The third-order valence-electron chi connectivity index (χ3n) is 6.77. The van der Waals surface area contributed by atoms with Gasteiger partial charge in [-0.2, -0.15) is 57.5 Å². The van der Waals surface area contributed by atoms with Crippen molar-refractivity contribution in [3.8, 4) is 0 Å². The molecule has 4 N–H and O–H groups in total. The van der Waals surface area contributed by atoms with Crippen LogP contribution in [0.1, 0.15) is 22.4 Å². The molecule has 11 nitrogen and oxygen atoms in total. The number of halogens is 2. The van der Waals surface area contributed by atoms with Crippen molar-refractivity contribution in [1.82, 2.24) is 24.9 Å². The van der Waals surface area contributed by atoms with Gasteiger partial charge in [0, 0.05) is 76.8 Å². The van der Waals surface area contributed by atoms with Crippen molar-refractivity contribution in [3.05, 3.63) is 138 Å². The smallest absolute Gasteiger partial charge is 0.229 e. The summed E-state index contributed by atoms with van der Waals surface area (Å²) in [6.07, 6.45) is 7.78. The summed E-state index contributed by atoms with van der Waals surface area (Å²) in [6.45, 7) is 3.88. The van der Waals surface area contributed by atoms with Crippen molar-refractivity contribution >= 4 is 58.9 Å². The van der Waals surface area contributed by atoms with Crippen LogP contribution in [0.5, 0.6) is 0 Å². The van der Waals surface area contributed by atoms with Crippen molar-refractivity contribution in [2.45, 2.75) is 26.7 Å². The van der Waals surface area contributed by atoms with Crippen LogP contribution >= 0.6 is 0 Å². The van der Waals surface area contributed by atoms with Crippen LogP contribution in [-0.2, 0) is 87.8 Å². The van der Waals surface area contributed by atoms with Gasteiger partial charge in [-0.25, -0.2) is 18.7 Å². The summed E-state index contributed by atoms with van der Waals surface area (Å²) in [6, 6.07) is 27.3. The number of rotatable bonds is 12. The average molecular weight is 848 g/mol. The number of benzene rings is 3. The van der Waals surface area contributed by atoms with Crippen LogP contribution in [0.25, 0.3) is 0 Å². The van der Waals surface area contributed by atoms with E-state index in [9.17, 15) is 18.4 Å². The summed E-state index contributed by atoms with van der Waals surface area (Å²) < 4.78 is 27.9. The number of carbonyl (C=O) groups excluding carboxylic acids is 2. The molecule has 6 aromatic rings. The van der Waals surface area contributed by atoms with Gasteiger partial charge in [-0.15, -0.1) is 25.0 Å². The molecule has 6 rings (SSSR count). The van der Waals surface area contributed by atoms with Gasteiger partial charge < -0.3 is 30.9 Å². The van der Waals surface area contributed by atoms with Crippen LogP contribution in [0.2, 0.25) is 0 Å². The van der Waals surface area contributed by atoms with Crippen LogP contribution in [0, 0.1) is 37.6 Å². The van der Waals surface area contributed by atoms with E-state index in [1.54, 1.807) is 55.2 Å². The Bertz CT molecular complexity index is 1890. The minimum absolute atomic E-state index is 0. The van der Waals surface area contributed by atoms with E-state index in [0.717, 1.165) is 29.3 Å². The van der Waals surface area contributed by atoms with Crippen molar-refractivity contribution in [2.75, 3.05) is 21.3 Å². The number of pyridine rings is 1. The predicted molar refractivity (Wildman–Crippen MR) is 187 cm³/mol. The Hall–Kier alpha value is -4.42. The maximum atomic E-state index is 14.0. The van der Waals surface area contributed by atoms with E-state index in [4.69, 9.17) is 0 Å². The van der Waals surface area contributed by atoms with Crippen LogP contribution in [-0.4, -0.2) is 37.5 Å². The molecule has 15 heteroatoms. The molecule has 52 heavy (non-hydrogen) atoms. The Morgan fingerprint density at radius 3 is 1.46 bits per heavy atom. The molecular weight excluding hydrogens is 818 g/mol. The van der Waals surface area contributed by atoms with Crippen molar-refractivity contribution in [3.63, 3.8) is 0 Å². The second-order valence-electron chi connectivity index (χ2n) is 10.7. The zero-order valence-corrected chi connectivity index (χ0v) is 33.7. The monoisotopic (exact) mass is 847 g/mol. The van der Waals surface area contributed by atoms with Gasteiger partial charge in [0.2, 0.25) is 11.9 Å². The number of hydrogen-bond acceptors (Lipinski definition) is 11. The Kier molecular flexibility index (Phi) is 17.1. The van der Waals surface area contributed by atoms with Gasteiger partial charge >= 0.3 is 0 Å². The Morgan fingerprint density at radius 2 is 1.04 bits per heavy atom. The third-order valence-corrected chi connectivity index (χ3v) is 6.77. The van der Waals surface area contributed by atoms with Gasteiger partial charge in [-0.1, -0.05) is 29.1 Å². The zero-order chi connectivity index (χ0) is 35.3. The van der Waals surface area contributed by atoms with Gasteiger partial charge in [0.25, 0.3) is 0 Å². The average Bonchev–Trinajstić information content (AvgIpc) is 3.12. The molecule has 3 heterocycles. The van der Waals surface area contributed by atoms with Gasteiger partial charge in [0.05, 0.1) is 24.3 Å². The molecule has 0 aliphatic carbocycles. The first-order valence-electron chi connectivity index (χ1n) is 15.1. The molecule has 0 saturated heterocycles. The molecule has 0 bridgehead atoms. The second kappa shape index (κ2) is 21.2. The molecule has 3 aromatic carbocycles. The van der Waals surface area contributed by atoms with Gasteiger partial charge in [-0.05, 0) is 38.1 Å². The maximum absolute atomic E-state index is 14.0. The van der Waals surface area contributed by atoms with E-state index in [-0.39, 0.29) is 102 Å². The topological polar surface area (TPSA) is 147 Å². The number of nitrogens with zero attached hydrogens (tertiary/aromatic N) is 5. The molecule has 0 saturated carbocycles. The molecule has 0 unspecified atom stereocenters. The standard InChI is InChI=1S/C19H15FN4O.C18H14FN5O.2Y/c1-13-2-6-16(7-3-13)23-19-21-12-17(20)18(24-19)22-15-8-4-14(5-9-15)10-11-25;1-12-2-5-15(10-20-12)23-18-21-11-16(19)17(24-18)22-14-6-3-13(4-7-14)8-9-25;;/h2-4,6-9,12H,10H2,1H3,(H2,21,22,23,24);2-3,5-7,10-11H,8H2,1H3,(H2,21,22,23,24);;/q2*-2;;. The molecule has 0 spiro atoms. The predicted octanol–water partition coefficient (Wildman–Crippen LogP) is 7.12. The number of anilines is 8. The molecule has 0 aliphatic heterocycles. The molecule has 3 aromatic heterocycles. The summed E-state index contributed by atoms with van der Waals surface area (Å²) in [5.41, 5.74) is 6.16. The molecule has 258 valence electrons. The summed E-state index contributed by atoms with van der Waals surface area (Å²) in [5.74, 6) is -0.555. The van der Waals surface area contributed by atoms with E-state index >= 15 is 0 Å². The summed E-state index contributed by atoms with van der Waals surface area (Å²) in [4.78, 5) is 41.1. The SMILES string of the molecule is Cc1ccc(Nc2ncc(F)c(Nc3c[c-]c(C[C-]=O)cc3)n2)cc1.Cc1ccc(Nc2ncc(F)c(Nc3c[c-]c(C[C-]=O)cc3)n2)cn1.[Y].[Y].